The third kappa shape index (κ3) is 5.07. The van der Waals surface area contributed by atoms with Gasteiger partial charge in [0.2, 0.25) is 0 Å². The standard InChI is InChI=1S/C26H22N2O5S/c1-18-10-13-21(14-11-18)34(30,31)28-27-17-19-12-15-24(32-2)25(16-19)33-26(29)23-9-5-7-20-6-3-4-8-22(20)23/h3-17,28H,1-2H3/b27-17+. The Balaban J connectivity index is 1.55. The second kappa shape index (κ2) is 9.76. The molecule has 34 heavy (non-hydrogen) atoms. The van der Waals surface area contributed by atoms with Crippen molar-refractivity contribution in [2.75, 3.05) is 7.11 Å². The first-order valence-corrected chi connectivity index (χ1v) is 11.9. The Morgan fingerprint density at radius 2 is 1.65 bits per heavy atom. The van der Waals surface area contributed by atoms with E-state index in [0.717, 1.165) is 16.3 Å². The van der Waals surface area contributed by atoms with E-state index in [2.05, 4.69) is 9.93 Å². The summed E-state index contributed by atoms with van der Waals surface area (Å²) in [7, 11) is -2.34. The first-order valence-electron chi connectivity index (χ1n) is 10.4. The summed E-state index contributed by atoms with van der Waals surface area (Å²) >= 11 is 0. The molecular weight excluding hydrogens is 452 g/mol. The number of hydrogen-bond donors (Lipinski definition) is 1. The molecule has 0 saturated carbocycles. The summed E-state index contributed by atoms with van der Waals surface area (Å²) in [6, 6.07) is 24.2. The molecule has 0 aliphatic rings. The second-order valence-corrected chi connectivity index (χ2v) is 9.15. The van der Waals surface area contributed by atoms with Gasteiger partial charge in [-0.3, -0.25) is 0 Å². The van der Waals surface area contributed by atoms with Crippen molar-refractivity contribution in [2.45, 2.75) is 11.8 Å². The maximum Gasteiger partial charge on any atom is 0.344 e. The van der Waals surface area contributed by atoms with Crippen LogP contribution in [-0.4, -0.2) is 27.7 Å². The average molecular weight is 475 g/mol. The van der Waals surface area contributed by atoms with E-state index in [1.165, 1.54) is 25.5 Å². The van der Waals surface area contributed by atoms with E-state index in [0.29, 0.717) is 16.9 Å². The second-order valence-electron chi connectivity index (χ2n) is 7.49. The van der Waals surface area contributed by atoms with Crippen LogP contribution < -0.4 is 14.3 Å². The molecule has 0 saturated heterocycles. The Morgan fingerprint density at radius 3 is 2.41 bits per heavy atom. The molecule has 0 spiro atoms. The molecule has 0 atom stereocenters. The number of carbonyl (C=O) groups is 1. The lowest BCUT2D eigenvalue weighted by Crippen LogP contribution is -2.18. The molecule has 0 fully saturated rings. The number of carbonyl (C=O) groups excluding carboxylic acids is 1. The molecule has 0 heterocycles. The molecule has 0 unspecified atom stereocenters. The number of rotatable bonds is 7. The molecule has 0 aliphatic heterocycles. The van der Waals surface area contributed by atoms with E-state index < -0.39 is 16.0 Å². The van der Waals surface area contributed by atoms with Crippen molar-refractivity contribution in [3.63, 3.8) is 0 Å². The summed E-state index contributed by atoms with van der Waals surface area (Å²) in [5.41, 5.74) is 1.88. The van der Waals surface area contributed by atoms with Gasteiger partial charge in [0.1, 0.15) is 0 Å². The van der Waals surface area contributed by atoms with Crippen molar-refractivity contribution in [2.24, 2.45) is 5.10 Å². The van der Waals surface area contributed by atoms with Gasteiger partial charge in [-0.1, -0.05) is 54.1 Å². The van der Waals surface area contributed by atoms with Crippen molar-refractivity contribution in [1.82, 2.24) is 4.83 Å². The average Bonchev–Trinajstić information content (AvgIpc) is 2.84. The summed E-state index contributed by atoms with van der Waals surface area (Å²) in [4.78, 5) is 15.2. The number of ether oxygens (including phenoxy) is 2. The van der Waals surface area contributed by atoms with Gasteiger partial charge in [0.15, 0.2) is 11.5 Å². The van der Waals surface area contributed by atoms with Crippen LogP contribution in [0, 0.1) is 6.92 Å². The van der Waals surface area contributed by atoms with Gasteiger partial charge in [-0.2, -0.15) is 13.5 Å². The van der Waals surface area contributed by atoms with Gasteiger partial charge in [-0.05, 0) is 59.7 Å². The normalized spacial score (nSPS) is 11.5. The highest BCUT2D eigenvalue weighted by atomic mass is 32.2. The number of methoxy groups -OCH3 is 1. The van der Waals surface area contributed by atoms with Crippen LogP contribution in [0.1, 0.15) is 21.5 Å². The zero-order chi connectivity index (χ0) is 24.1. The molecule has 4 aromatic carbocycles. The quantitative estimate of drug-likeness (QED) is 0.182. The molecule has 4 aromatic rings. The number of sulfonamides is 1. The van der Waals surface area contributed by atoms with Crippen LogP contribution in [-0.2, 0) is 10.0 Å². The predicted octanol–water partition coefficient (Wildman–Crippen LogP) is 4.69. The van der Waals surface area contributed by atoms with Crippen molar-refractivity contribution < 1.29 is 22.7 Å². The Kier molecular flexibility index (Phi) is 6.60. The highest BCUT2D eigenvalue weighted by molar-refractivity contribution is 7.89. The highest BCUT2D eigenvalue weighted by Crippen LogP contribution is 2.29. The van der Waals surface area contributed by atoms with Gasteiger partial charge < -0.3 is 9.47 Å². The summed E-state index contributed by atoms with van der Waals surface area (Å²) < 4.78 is 35.7. The minimum atomic E-state index is -3.80. The van der Waals surface area contributed by atoms with Crippen molar-refractivity contribution in [3.8, 4) is 11.5 Å². The highest BCUT2D eigenvalue weighted by Gasteiger charge is 2.16. The number of fused-ring (bicyclic) bond motifs is 1. The maximum absolute atomic E-state index is 12.9. The molecule has 0 radical (unpaired) electrons. The fourth-order valence-corrected chi connectivity index (χ4v) is 4.14. The van der Waals surface area contributed by atoms with Crippen LogP contribution in [0.25, 0.3) is 10.8 Å². The first kappa shape index (κ1) is 23.0. The number of hydrogen-bond acceptors (Lipinski definition) is 6. The summed E-state index contributed by atoms with van der Waals surface area (Å²) in [6.45, 7) is 1.87. The Labute approximate surface area is 197 Å². The van der Waals surface area contributed by atoms with Crippen molar-refractivity contribution in [1.29, 1.82) is 0 Å². The Bertz CT molecular complexity index is 1470. The lowest BCUT2D eigenvalue weighted by Gasteiger charge is -2.11. The predicted molar refractivity (Wildman–Crippen MR) is 131 cm³/mol. The minimum absolute atomic E-state index is 0.106. The van der Waals surface area contributed by atoms with E-state index in [-0.39, 0.29) is 10.6 Å². The molecular formula is C26H22N2O5S. The van der Waals surface area contributed by atoms with E-state index >= 15 is 0 Å². The van der Waals surface area contributed by atoms with Gasteiger partial charge >= 0.3 is 5.97 Å². The van der Waals surface area contributed by atoms with Crippen LogP contribution in [0.2, 0.25) is 0 Å². The molecule has 0 bridgehead atoms. The molecule has 0 aromatic heterocycles. The zero-order valence-electron chi connectivity index (χ0n) is 18.6. The lowest BCUT2D eigenvalue weighted by atomic mass is 10.0. The van der Waals surface area contributed by atoms with Gasteiger partial charge in [0.05, 0.1) is 23.8 Å². The number of nitrogens with one attached hydrogen (secondary N) is 1. The first-order chi connectivity index (χ1) is 16.4. The molecule has 0 amide bonds. The van der Waals surface area contributed by atoms with Gasteiger partial charge in [-0.25, -0.2) is 9.63 Å². The molecule has 4 rings (SSSR count). The number of aryl methyl sites for hydroxylation is 1. The Hall–Kier alpha value is -4.17. The van der Waals surface area contributed by atoms with Crippen molar-refractivity contribution in [3.05, 3.63) is 102 Å². The van der Waals surface area contributed by atoms with Crippen LogP contribution in [0.15, 0.2) is 94.9 Å². The van der Waals surface area contributed by atoms with Gasteiger partial charge in [-0.15, -0.1) is 0 Å². The SMILES string of the molecule is COc1ccc(/C=N/NS(=O)(=O)c2ccc(C)cc2)cc1OC(=O)c1cccc2ccccc12. The summed E-state index contributed by atoms with van der Waals surface area (Å²) in [6.07, 6.45) is 1.32. The molecule has 8 heteroatoms. The number of hydrazone groups is 1. The van der Waals surface area contributed by atoms with Crippen LogP contribution >= 0.6 is 0 Å². The van der Waals surface area contributed by atoms with Gasteiger partial charge in [0, 0.05) is 0 Å². The summed E-state index contributed by atoms with van der Waals surface area (Å²) in [5, 5.41) is 5.54. The number of esters is 1. The van der Waals surface area contributed by atoms with Crippen LogP contribution in [0.3, 0.4) is 0 Å². The maximum atomic E-state index is 12.9. The smallest absolute Gasteiger partial charge is 0.344 e. The summed E-state index contributed by atoms with van der Waals surface area (Å²) in [5.74, 6) is 0.000936. The third-order valence-electron chi connectivity index (χ3n) is 5.12. The minimum Gasteiger partial charge on any atom is -0.493 e. The largest absolute Gasteiger partial charge is 0.493 e. The molecule has 172 valence electrons. The van der Waals surface area contributed by atoms with E-state index in [4.69, 9.17) is 9.47 Å². The van der Waals surface area contributed by atoms with E-state index in [1.807, 2.05) is 37.3 Å². The fourth-order valence-electron chi connectivity index (χ4n) is 3.35. The lowest BCUT2D eigenvalue weighted by molar-refractivity contribution is 0.0732. The number of benzene rings is 4. The van der Waals surface area contributed by atoms with Crippen LogP contribution in [0.5, 0.6) is 11.5 Å². The third-order valence-corrected chi connectivity index (χ3v) is 6.36. The van der Waals surface area contributed by atoms with Crippen molar-refractivity contribution >= 4 is 33.0 Å². The van der Waals surface area contributed by atoms with E-state index in [9.17, 15) is 13.2 Å². The fraction of sp³-hybridized carbons (Fsp3) is 0.0769. The molecule has 0 aliphatic carbocycles. The zero-order valence-corrected chi connectivity index (χ0v) is 19.4. The molecule has 7 nitrogen and oxygen atoms in total. The number of nitrogens with zero attached hydrogens (tertiary/aromatic N) is 1. The molecule has 1 N–H and O–H groups in total. The Morgan fingerprint density at radius 1 is 0.912 bits per heavy atom. The van der Waals surface area contributed by atoms with Gasteiger partial charge in [0.25, 0.3) is 10.0 Å². The van der Waals surface area contributed by atoms with Crippen LogP contribution in [0.4, 0.5) is 0 Å². The topological polar surface area (TPSA) is 94.1 Å². The van der Waals surface area contributed by atoms with E-state index in [1.54, 1.807) is 42.5 Å². The monoisotopic (exact) mass is 474 g/mol.